The van der Waals surface area contributed by atoms with Gasteiger partial charge in [0.2, 0.25) is 5.78 Å². The second-order valence-electron chi connectivity index (χ2n) is 2.32. The molecule has 1 rings (SSSR count). The van der Waals surface area contributed by atoms with Gasteiger partial charge in [-0.1, -0.05) is 15.9 Å². The van der Waals surface area contributed by atoms with E-state index in [9.17, 15) is 9.59 Å². The van der Waals surface area contributed by atoms with E-state index < -0.39 is 21.6 Å². The summed E-state index contributed by atoms with van der Waals surface area (Å²) in [6.07, 6.45) is 0. The first-order valence-electron chi connectivity index (χ1n) is 2.76. The number of carbonyl (C=O) groups is 2. The lowest BCUT2D eigenvalue weighted by Gasteiger charge is -2.08. The van der Waals surface area contributed by atoms with Gasteiger partial charge < -0.3 is 5.11 Å². The minimum Gasteiger partial charge on any atom is -0.503 e. The van der Waals surface area contributed by atoms with Crippen LogP contribution in [0.5, 0.6) is 0 Å². The fourth-order valence-corrected chi connectivity index (χ4v) is 1.97. The third-order valence-electron chi connectivity index (χ3n) is 1.48. The number of allylic oxidation sites excluding steroid dienone is 2. The van der Waals surface area contributed by atoms with E-state index in [0.29, 0.717) is 0 Å². The maximum atomic E-state index is 11.1. The van der Waals surface area contributed by atoms with Crippen LogP contribution in [0.3, 0.4) is 0 Å². The zero-order chi connectivity index (χ0) is 8.81. The number of aliphatic hydroxyl groups is 1. The molecule has 0 saturated carbocycles. The summed E-state index contributed by atoms with van der Waals surface area (Å²) < 4.78 is -1.34. The summed E-state index contributed by atoms with van der Waals surface area (Å²) in [7, 11) is 0. The number of ketones is 2. The molecule has 0 bridgehead atoms. The van der Waals surface area contributed by atoms with Gasteiger partial charge in [-0.15, -0.1) is 0 Å². The molecule has 60 valence electrons. The number of hydrogen-bond acceptors (Lipinski definition) is 3. The third kappa shape index (κ3) is 1.06. The topological polar surface area (TPSA) is 54.4 Å². The Hall–Kier alpha value is -0.160. The summed E-state index contributed by atoms with van der Waals surface area (Å²) >= 11 is 5.74. The van der Waals surface area contributed by atoms with Crippen molar-refractivity contribution in [1.29, 1.82) is 0 Å². The van der Waals surface area contributed by atoms with Crippen LogP contribution in [-0.4, -0.2) is 21.0 Å². The van der Waals surface area contributed by atoms with Crippen molar-refractivity contribution in [2.75, 3.05) is 0 Å². The molecule has 0 heterocycles. The lowest BCUT2D eigenvalue weighted by atomic mass is 10.1. The van der Waals surface area contributed by atoms with Gasteiger partial charge in [0.05, 0.1) is 0 Å². The van der Waals surface area contributed by atoms with Crippen molar-refractivity contribution >= 4 is 43.4 Å². The van der Waals surface area contributed by atoms with Crippen LogP contribution < -0.4 is 0 Å². The first-order valence-corrected chi connectivity index (χ1v) is 4.35. The van der Waals surface area contributed by atoms with Crippen LogP contribution in [0, 0.1) is 0 Å². The first-order chi connectivity index (χ1) is 4.89. The van der Waals surface area contributed by atoms with Crippen molar-refractivity contribution in [3.05, 3.63) is 10.2 Å². The molecule has 0 radical (unpaired) electrons. The van der Waals surface area contributed by atoms with Crippen LogP contribution in [0.1, 0.15) is 6.92 Å². The molecule has 1 N–H and O–H groups in total. The van der Waals surface area contributed by atoms with Crippen LogP contribution >= 0.6 is 31.9 Å². The summed E-state index contributed by atoms with van der Waals surface area (Å²) in [5.41, 5.74) is 0. The van der Waals surface area contributed by atoms with E-state index in [2.05, 4.69) is 31.9 Å². The third-order valence-corrected chi connectivity index (χ3v) is 2.93. The highest BCUT2D eigenvalue weighted by atomic mass is 79.9. The molecule has 1 unspecified atom stereocenters. The fourth-order valence-electron chi connectivity index (χ4n) is 0.739. The number of carbonyl (C=O) groups excluding carboxylic acids is 2. The molecule has 1 aliphatic rings. The summed E-state index contributed by atoms with van der Waals surface area (Å²) in [6, 6.07) is 0. The Morgan fingerprint density at radius 1 is 1.36 bits per heavy atom. The minimum atomic E-state index is -1.28. The van der Waals surface area contributed by atoms with Gasteiger partial charge in [-0.05, 0) is 22.9 Å². The van der Waals surface area contributed by atoms with Crippen LogP contribution in [0.2, 0.25) is 0 Å². The summed E-state index contributed by atoms with van der Waals surface area (Å²) in [6.45, 7) is 1.40. The highest BCUT2D eigenvalue weighted by molar-refractivity contribution is 9.12. The van der Waals surface area contributed by atoms with Crippen molar-refractivity contribution in [3.63, 3.8) is 0 Å². The van der Waals surface area contributed by atoms with E-state index in [-0.39, 0.29) is 4.48 Å². The van der Waals surface area contributed by atoms with Gasteiger partial charge in [-0.2, -0.15) is 0 Å². The molecular formula is C6H4Br2O3. The lowest BCUT2D eigenvalue weighted by Crippen LogP contribution is -2.31. The summed E-state index contributed by atoms with van der Waals surface area (Å²) in [5, 5.41) is 9.00. The summed E-state index contributed by atoms with van der Waals surface area (Å²) in [4.78, 5) is 22.2. The normalized spacial score (nSPS) is 31.9. The monoisotopic (exact) mass is 282 g/mol. The van der Waals surface area contributed by atoms with Gasteiger partial charge in [0, 0.05) is 0 Å². The van der Waals surface area contributed by atoms with Gasteiger partial charge in [-0.3, -0.25) is 9.59 Å². The standard InChI is InChI=1S/C6H4Br2O3/c1-6(8)4(10)2(7)3(9)5(6)11/h9H,1H3. The Morgan fingerprint density at radius 2 is 1.82 bits per heavy atom. The average molecular weight is 284 g/mol. The van der Waals surface area contributed by atoms with Crippen LogP contribution in [0.4, 0.5) is 0 Å². The Kier molecular flexibility index (Phi) is 1.96. The maximum Gasteiger partial charge on any atom is 0.222 e. The Morgan fingerprint density at radius 3 is 1.91 bits per heavy atom. The molecule has 0 spiro atoms. The molecule has 11 heavy (non-hydrogen) atoms. The molecule has 0 aromatic carbocycles. The highest BCUT2D eigenvalue weighted by Crippen LogP contribution is 2.36. The largest absolute Gasteiger partial charge is 0.503 e. The van der Waals surface area contributed by atoms with Crippen LogP contribution in [0.25, 0.3) is 0 Å². The Labute approximate surface area is 79.7 Å². The molecule has 1 aliphatic carbocycles. The van der Waals surface area contributed by atoms with Crippen molar-refractivity contribution in [2.24, 2.45) is 0 Å². The van der Waals surface area contributed by atoms with E-state index in [1.807, 2.05) is 0 Å². The smallest absolute Gasteiger partial charge is 0.222 e. The summed E-state index contributed by atoms with van der Waals surface area (Å²) in [5.74, 6) is -1.55. The predicted octanol–water partition coefficient (Wildman–Crippen LogP) is 1.46. The molecule has 0 amide bonds. The van der Waals surface area contributed by atoms with E-state index in [1.54, 1.807) is 0 Å². The van der Waals surface area contributed by atoms with Crippen LogP contribution in [-0.2, 0) is 9.59 Å². The molecule has 0 aliphatic heterocycles. The minimum absolute atomic E-state index is 0.0538. The number of Topliss-reactive ketones (excluding diaryl/α,β-unsaturated/α-hetero) is 2. The fraction of sp³-hybridized carbons (Fsp3) is 0.333. The van der Waals surface area contributed by atoms with Gasteiger partial charge >= 0.3 is 0 Å². The predicted molar refractivity (Wildman–Crippen MR) is 45.9 cm³/mol. The molecule has 1 atom stereocenters. The van der Waals surface area contributed by atoms with E-state index in [1.165, 1.54) is 6.92 Å². The van der Waals surface area contributed by atoms with Crippen molar-refractivity contribution in [2.45, 2.75) is 11.2 Å². The second-order valence-corrected chi connectivity index (χ2v) is 4.70. The number of hydrogen-bond donors (Lipinski definition) is 1. The van der Waals surface area contributed by atoms with Crippen LogP contribution in [0.15, 0.2) is 10.2 Å². The average Bonchev–Trinajstić information content (AvgIpc) is 2.06. The van der Waals surface area contributed by atoms with E-state index in [0.717, 1.165) is 0 Å². The zero-order valence-corrected chi connectivity index (χ0v) is 8.69. The molecule has 5 heteroatoms. The SMILES string of the molecule is CC1(Br)C(=O)C(O)=C(Br)C1=O. The van der Waals surface area contributed by atoms with Gasteiger partial charge in [0.25, 0.3) is 0 Å². The quantitative estimate of drug-likeness (QED) is 0.541. The van der Waals surface area contributed by atoms with Crippen molar-refractivity contribution in [3.8, 4) is 0 Å². The molecule has 3 nitrogen and oxygen atoms in total. The molecule has 0 aromatic heterocycles. The van der Waals surface area contributed by atoms with Gasteiger partial charge in [0.15, 0.2) is 15.9 Å². The van der Waals surface area contributed by atoms with E-state index >= 15 is 0 Å². The first kappa shape index (κ1) is 8.93. The number of halogens is 2. The Bertz CT molecular complexity index is 252. The molecule has 0 saturated heterocycles. The van der Waals surface area contributed by atoms with Gasteiger partial charge in [-0.25, -0.2) is 0 Å². The highest BCUT2D eigenvalue weighted by Gasteiger charge is 2.49. The maximum absolute atomic E-state index is 11.1. The molecule has 0 fully saturated rings. The number of alkyl halides is 1. The lowest BCUT2D eigenvalue weighted by molar-refractivity contribution is -0.124. The number of rotatable bonds is 0. The second kappa shape index (κ2) is 2.42. The number of aliphatic hydroxyl groups excluding tert-OH is 1. The van der Waals surface area contributed by atoms with Crippen molar-refractivity contribution in [1.82, 2.24) is 0 Å². The molecule has 0 aromatic rings. The molecular weight excluding hydrogens is 280 g/mol. The van der Waals surface area contributed by atoms with E-state index in [4.69, 9.17) is 5.11 Å². The zero-order valence-electron chi connectivity index (χ0n) is 5.52. The van der Waals surface area contributed by atoms with Gasteiger partial charge in [0.1, 0.15) is 4.48 Å². The van der Waals surface area contributed by atoms with Crippen molar-refractivity contribution < 1.29 is 14.7 Å². The Balaban J connectivity index is 3.24.